The number of likely N-dealkylation sites (N-methyl/N-ethyl adjacent to an activating group) is 1. The first kappa shape index (κ1) is 16.3. The Hall–Kier alpha value is -1.04. The van der Waals surface area contributed by atoms with E-state index in [1.807, 2.05) is 14.1 Å². The van der Waals surface area contributed by atoms with E-state index in [0.717, 1.165) is 31.7 Å². The van der Waals surface area contributed by atoms with E-state index >= 15 is 0 Å². The molecule has 1 aromatic rings. The standard InChI is InChI=1S/C16H25F2N3/c1-21(2)16(9-4-3-5-10-16)14(20-19)11-12-7-6-8-13(17)15(12)18/h6-8,14,20H,3-5,9-11,19H2,1-2H3. The number of rotatable bonds is 5. The number of hydrazine groups is 1. The molecule has 1 aliphatic carbocycles. The van der Waals surface area contributed by atoms with Crippen LogP contribution in [-0.2, 0) is 6.42 Å². The minimum Gasteiger partial charge on any atom is -0.302 e. The van der Waals surface area contributed by atoms with Gasteiger partial charge in [0.15, 0.2) is 11.6 Å². The summed E-state index contributed by atoms with van der Waals surface area (Å²) >= 11 is 0. The second kappa shape index (κ2) is 6.81. The van der Waals surface area contributed by atoms with Crippen LogP contribution in [0.3, 0.4) is 0 Å². The smallest absolute Gasteiger partial charge is 0.162 e. The Labute approximate surface area is 125 Å². The molecule has 0 aromatic heterocycles. The summed E-state index contributed by atoms with van der Waals surface area (Å²) in [6, 6.07) is 4.22. The molecule has 1 aromatic carbocycles. The normalized spacial score (nSPS) is 19.7. The van der Waals surface area contributed by atoms with E-state index in [4.69, 9.17) is 5.84 Å². The zero-order valence-corrected chi connectivity index (χ0v) is 12.8. The Morgan fingerprint density at radius 1 is 1.24 bits per heavy atom. The molecular weight excluding hydrogens is 272 g/mol. The Balaban J connectivity index is 2.27. The fourth-order valence-electron chi connectivity index (χ4n) is 3.60. The van der Waals surface area contributed by atoms with Crippen LogP contribution in [-0.4, -0.2) is 30.6 Å². The van der Waals surface area contributed by atoms with Gasteiger partial charge in [0.05, 0.1) is 0 Å². The maximum Gasteiger partial charge on any atom is 0.162 e. The van der Waals surface area contributed by atoms with Crippen molar-refractivity contribution in [3.8, 4) is 0 Å². The maximum atomic E-state index is 13.9. The van der Waals surface area contributed by atoms with Gasteiger partial charge in [0.1, 0.15) is 0 Å². The third kappa shape index (κ3) is 3.25. The van der Waals surface area contributed by atoms with Crippen molar-refractivity contribution in [2.45, 2.75) is 50.1 Å². The highest BCUT2D eigenvalue weighted by atomic mass is 19.2. The van der Waals surface area contributed by atoms with E-state index < -0.39 is 11.6 Å². The number of nitrogens with zero attached hydrogens (tertiary/aromatic N) is 1. The van der Waals surface area contributed by atoms with Crippen molar-refractivity contribution in [2.75, 3.05) is 14.1 Å². The minimum atomic E-state index is -0.800. The molecule has 0 saturated heterocycles. The summed E-state index contributed by atoms with van der Waals surface area (Å²) in [6.45, 7) is 0. The fourth-order valence-corrected chi connectivity index (χ4v) is 3.60. The van der Waals surface area contributed by atoms with Crippen LogP contribution < -0.4 is 11.3 Å². The molecule has 21 heavy (non-hydrogen) atoms. The highest BCUT2D eigenvalue weighted by Gasteiger charge is 2.41. The monoisotopic (exact) mass is 297 g/mol. The van der Waals surface area contributed by atoms with Gasteiger partial charge in [-0.15, -0.1) is 0 Å². The van der Waals surface area contributed by atoms with Crippen LogP contribution in [0.4, 0.5) is 8.78 Å². The number of halogens is 2. The van der Waals surface area contributed by atoms with Gasteiger partial charge in [0, 0.05) is 11.6 Å². The summed E-state index contributed by atoms with van der Waals surface area (Å²) in [6.07, 6.45) is 5.93. The minimum absolute atomic E-state index is 0.105. The molecule has 3 N–H and O–H groups in total. The zero-order chi connectivity index (χ0) is 15.5. The predicted molar refractivity (Wildman–Crippen MR) is 80.7 cm³/mol. The molecule has 0 bridgehead atoms. The highest BCUT2D eigenvalue weighted by Crippen LogP contribution is 2.36. The van der Waals surface area contributed by atoms with Gasteiger partial charge in [0.25, 0.3) is 0 Å². The summed E-state index contributed by atoms with van der Waals surface area (Å²) < 4.78 is 27.3. The predicted octanol–water partition coefficient (Wildman–Crippen LogP) is 2.60. The van der Waals surface area contributed by atoms with Crippen LogP contribution in [0, 0.1) is 11.6 Å². The topological polar surface area (TPSA) is 41.3 Å². The van der Waals surface area contributed by atoms with E-state index in [-0.39, 0.29) is 11.6 Å². The van der Waals surface area contributed by atoms with Gasteiger partial charge in [-0.25, -0.2) is 8.78 Å². The third-order valence-corrected chi connectivity index (χ3v) is 4.92. The van der Waals surface area contributed by atoms with Crippen LogP contribution in [0.2, 0.25) is 0 Å². The van der Waals surface area contributed by atoms with E-state index in [1.165, 1.54) is 6.42 Å². The van der Waals surface area contributed by atoms with Crippen LogP contribution in [0.25, 0.3) is 0 Å². The number of hydrogen-bond donors (Lipinski definition) is 2. The van der Waals surface area contributed by atoms with Gasteiger partial charge in [-0.3, -0.25) is 11.3 Å². The molecule has 0 radical (unpaired) electrons. The SMILES string of the molecule is CN(C)C1(C(Cc2cccc(F)c2F)NN)CCCCC1. The molecule has 1 fully saturated rings. The Morgan fingerprint density at radius 2 is 1.90 bits per heavy atom. The van der Waals surface area contributed by atoms with Gasteiger partial charge in [0.2, 0.25) is 0 Å². The van der Waals surface area contributed by atoms with Crippen LogP contribution in [0.15, 0.2) is 18.2 Å². The van der Waals surface area contributed by atoms with Crippen LogP contribution >= 0.6 is 0 Å². The number of hydrogen-bond acceptors (Lipinski definition) is 3. The van der Waals surface area contributed by atoms with E-state index in [9.17, 15) is 8.78 Å². The molecule has 118 valence electrons. The molecule has 0 heterocycles. The quantitative estimate of drug-likeness (QED) is 0.648. The summed E-state index contributed by atoms with van der Waals surface area (Å²) in [5.74, 6) is 4.21. The van der Waals surface area contributed by atoms with Gasteiger partial charge in [-0.2, -0.15) is 0 Å². The van der Waals surface area contributed by atoms with Crippen LogP contribution in [0.5, 0.6) is 0 Å². The number of benzene rings is 1. The maximum absolute atomic E-state index is 13.9. The Morgan fingerprint density at radius 3 is 2.48 bits per heavy atom. The Bertz CT molecular complexity index is 471. The van der Waals surface area contributed by atoms with Gasteiger partial charge in [-0.05, 0) is 45.0 Å². The Kier molecular flexibility index (Phi) is 5.30. The van der Waals surface area contributed by atoms with E-state index in [2.05, 4.69) is 10.3 Å². The third-order valence-electron chi connectivity index (χ3n) is 4.92. The molecule has 1 atom stereocenters. The van der Waals surface area contributed by atoms with Crippen molar-refractivity contribution < 1.29 is 8.78 Å². The average molecular weight is 297 g/mol. The zero-order valence-electron chi connectivity index (χ0n) is 12.8. The first-order valence-electron chi connectivity index (χ1n) is 7.57. The lowest BCUT2D eigenvalue weighted by Crippen LogP contribution is -2.62. The molecule has 0 amide bonds. The van der Waals surface area contributed by atoms with Crippen LogP contribution in [0.1, 0.15) is 37.7 Å². The summed E-state index contributed by atoms with van der Waals surface area (Å²) in [5, 5.41) is 0. The lowest BCUT2D eigenvalue weighted by atomic mass is 9.73. The molecule has 3 nitrogen and oxygen atoms in total. The largest absolute Gasteiger partial charge is 0.302 e. The molecule has 2 rings (SSSR count). The average Bonchev–Trinajstić information content (AvgIpc) is 2.49. The van der Waals surface area contributed by atoms with Crippen molar-refractivity contribution in [3.05, 3.63) is 35.4 Å². The van der Waals surface area contributed by atoms with E-state index in [0.29, 0.717) is 12.0 Å². The summed E-state index contributed by atoms with van der Waals surface area (Å²) in [5.41, 5.74) is 3.13. The lowest BCUT2D eigenvalue weighted by Gasteiger charge is -2.48. The molecule has 0 aliphatic heterocycles. The first-order valence-corrected chi connectivity index (χ1v) is 7.57. The lowest BCUT2D eigenvalue weighted by molar-refractivity contribution is 0.0565. The summed E-state index contributed by atoms with van der Waals surface area (Å²) in [4.78, 5) is 2.19. The molecular formula is C16H25F2N3. The molecule has 5 heteroatoms. The molecule has 1 saturated carbocycles. The highest BCUT2D eigenvalue weighted by molar-refractivity contribution is 5.21. The number of nitrogens with one attached hydrogen (secondary N) is 1. The van der Waals surface area contributed by atoms with Crippen molar-refractivity contribution in [3.63, 3.8) is 0 Å². The second-order valence-corrected chi connectivity index (χ2v) is 6.19. The van der Waals surface area contributed by atoms with E-state index in [1.54, 1.807) is 12.1 Å². The van der Waals surface area contributed by atoms with Crippen molar-refractivity contribution in [2.24, 2.45) is 5.84 Å². The number of nitrogens with two attached hydrogens (primary N) is 1. The van der Waals surface area contributed by atoms with Crippen molar-refractivity contribution in [1.29, 1.82) is 0 Å². The second-order valence-electron chi connectivity index (χ2n) is 6.19. The fraction of sp³-hybridized carbons (Fsp3) is 0.625. The molecule has 1 unspecified atom stereocenters. The first-order chi connectivity index (χ1) is 10.0. The van der Waals surface area contributed by atoms with Gasteiger partial charge in [-0.1, -0.05) is 31.4 Å². The molecule has 1 aliphatic rings. The van der Waals surface area contributed by atoms with Gasteiger partial charge >= 0.3 is 0 Å². The van der Waals surface area contributed by atoms with Gasteiger partial charge < -0.3 is 4.90 Å². The molecule has 0 spiro atoms. The van der Waals surface area contributed by atoms with Crippen molar-refractivity contribution >= 4 is 0 Å². The van der Waals surface area contributed by atoms with Crippen molar-refractivity contribution in [1.82, 2.24) is 10.3 Å². The summed E-state index contributed by atoms with van der Waals surface area (Å²) in [7, 11) is 4.08.